The lowest BCUT2D eigenvalue weighted by atomic mass is 9.94. The lowest BCUT2D eigenvalue weighted by molar-refractivity contribution is 0.0603. The van der Waals surface area contributed by atoms with E-state index in [1.165, 1.54) is 0 Å². The van der Waals surface area contributed by atoms with E-state index in [1.807, 2.05) is 11.8 Å². The highest BCUT2D eigenvalue weighted by Crippen LogP contribution is 2.27. The third-order valence-electron chi connectivity index (χ3n) is 5.87. The van der Waals surface area contributed by atoms with E-state index < -0.39 is 10.0 Å². The topological polar surface area (TPSA) is 69.7 Å². The van der Waals surface area contributed by atoms with E-state index in [-0.39, 0.29) is 22.9 Å². The van der Waals surface area contributed by atoms with Crippen molar-refractivity contribution in [1.82, 2.24) is 14.5 Å². The summed E-state index contributed by atoms with van der Waals surface area (Å²) in [4.78, 5) is 15.0. The first-order valence-corrected chi connectivity index (χ1v) is 11.3. The van der Waals surface area contributed by atoms with Crippen LogP contribution in [0.3, 0.4) is 0 Å². The summed E-state index contributed by atoms with van der Waals surface area (Å²) in [7, 11) is -3.52. The molecule has 1 N–H and O–H groups in total. The normalized spacial score (nSPS) is 30.3. The molecular weight excluding hydrogens is 362 g/mol. The number of amides is 1. The van der Waals surface area contributed by atoms with Gasteiger partial charge in [0.2, 0.25) is 10.0 Å². The second-order valence-electron chi connectivity index (χ2n) is 8.27. The minimum atomic E-state index is -3.52. The van der Waals surface area contributed by atoms with E-state index in [2.05, 4.69) is 26.1 Å². The Kier molecular flexibility index (Phi) is 5.93. The summed E-state index contributed by atoms with van der Waals surface area (Å²) >= 11 is 0. The molecule has 0 saturated carbocycles. The number of sulfonamides is 1. The Hall–Kier alpha value is -1.44. The molecule has 0 bridgehead atoms. The molecule has 2 fully saturated rings. The quantitative estimate of drug-likeness (QED) is 0.855. The highest BCUT2D eigenvalue weighted by atomic mass is 32.2. The first-order valence-electron chi connectivity index (χ1n) is 9.84. The minimum Gasteiger partial charge on any atom is -0.333 e. The molecule has 3 rings (SSSR count). The zero-order chi connectivity index (χ0) is 19.8. The predicted octanol–water partition coefficient (Wildman–Crippen LogP) is 2.18. The van der Waals surface area contributed by atoms with Gasteiger partial charge in [-0.1, -0.05) is 13.8 Å². The number of carbonyl (C=O) groups excluding carboxylic acids is 1. The van der Waals surface area contributed by atoms with Crippen molar-refractivity contribution in [3.63, 3.8) is 0 Å². The van der Waals surface area contributed by atoms with Crippen molar-refractivity contribution < 1.29 is 13.2 Å². The number of hydrogen-bond acceptors (Lipinski definition) is 4. The Balaban J connectivity index is 1.77. The van der Waals surface area contributed by atoms with Crippen LogP contribution in [0.25, 0.3) is 0 Å². The van der Waals surface area contributed by atoms with Crippen molar-refractivity contribution in [2.24, 2.45) is 11.8 Å². The maximum Gasteiger partial charge on any atom is 0.254 e. The molecule has 2 heterocycles. The predicted molar refractivity (Wildman–Crippen MR) is 106 cm³/mol. The molecule has 1 aromatic rings. The van der Waals surface area contributed by atoms with Gasteiger partial charge in [0.1, 0.15) is 0 Å². The van der Waals surface area contributed by atoms with Gasteiger partial charge in [0.05, 0.1) is 4.90 Å². The smallest absolute Gasteiger partial charge is 0.254 e. The third kappa shape index (κ3) is 4.20. The van der Waals surface area contributed by atoms with Gasteiger partial charge in [0.25, 0.3) is 5.91 Å². The van der Waals surface area contributed by atoms with Gasteiger partial charge in [-0.3, -0.25) is 4.79 Å². The van der Waals surface area contributed by atoms with Crippen molar-refractivity contribution in [2.75, 3.05) is 26.2 Å². The van der Waals surface area contributed by atoms with Gasteiger partial charge in [-0.2, -0.15) is 4.31 Å². The number of nitrogens with one attached hydrogen (secondary N) is 1. The molecule has 4 unspecified atom stereocenters. The van der Waals surface area contributed by atoms with Crippen LogP contribution in [0.2, 0.25) is 0 Å². The molecule has 7 heteroatoms. The van der Waals surface area contributed by atoms with Gasteiger partial charge in [-0.25, -0.2) is 8.42 Å². The molecule has 1 amide bonds. The fraction of sp³-hybridized carbons (Fsp3) is 0.650. The van der Waals surface area contributed by atoms with Crippen molar-refractivity contribution in [1.29, 1.82) is 0 Å². The third-order valence-corrected chi connectivity index (χ3v) is 7.72. The van der Waals surface area contributed by atoms with E-state index in [1.54, 1.807) is 28.6 Å². The van der Waals surface area contributed by atoms with Crippen molar-refractivity contribution in [3.8, 4) is 0 Å². The highest BCUT2D eigenvalue weighted by molar-refractivity contribution is 7.89. The van der Waals surface area contributed by atoms with E-state index >= 15 is 0 Å². The van der Waals surface area contributed by atoms with Gasteiger partial charge >= 0.3 is 0 Å². The van der Waals surface area contributed by atoms with Crippen molar-refractivity contribution in [2.45, 2.75) is 51.1 Å². The Bertz CT molecular complexity index is 768. The molecular formula is C20H31N3O3S. The minimum absolute atomic E-state index is 0.0417. The van der Waals surface area contributed by atoms with Gasteiger partial charge in [0, 0.05) is 43.8 Å². The van der Waals surface area contributed by atoms with Crippen LogP contribution in [0, 0.1) is 11.8 Å². The molecule has 27 heavy (non-hydrogen) atoms. The molecule has 0 aliphatic carbocycles. The lowest BCUT2D eigenvalue weighted by Gasteiger charge is -2.38. The van der Waals surface area contributed by atoms with E-state index in [4.69, 9.17) is 0 Å². The zero-order valence-corrected chi connectivity index (χ0v) is 17.5. The van der Waals surface area contributed by atoms with Crippen LogP contribution >= 0.6 is 0 Å². The second-order valence-corrected chi connectivity index (χ2v) is 10.2. The summed E-state index contributed by atoms with van der Waals surface area (Å²) in [5.74, 6) is 0.682. The molecule has 2 saturated heterocycles. The summed E-state index contributed by atoms with van der Waals surface area (Å²) in [5.41, 5.74) is 0.537. The number of piperazine rings is 1. The SMILES string of the molecule is CC1CC(C)CN(S(=O)(=O)c2ccc(C(=O)N3CCNC(C)C3C)cc2)C1. The molecule has 6 nitrogen and oxygen atoms in total. The number of piperidine rings is 1. The van der Waals surface area contributed by atoms with Gasteiger partial charge in [-0.05, 0) is 56.4 Å². The number of carbonyl (C=O) groups is 1. The van der Waals surface area contributed by atoms with Crippen LogP contribution in [0.5, 0.6) is 0 Å². The summed E-state index contributed by atoms with van der Waals surface area (Å²) in [6.07, 6.45) is 1.06. The van der Waals surface area contributed by atoms with Crippen molar-refractivity contribution in [3.05, 3.63) is 29.8 Å². The highest BCUT2D eigenvalue weighted by Gasteiger charge is 2.32. The van der Waals surface area contributed by atoms with Crippen LogP contribution in [0.1, 0.15) is 44.5 Å². The fourth-order valence-corrected chi connectivity index (χ4v) is 5.91. The largest absolute Gasteiger partial charge is 0.333 e. The monoisotopic (exact) mass is 393 g/mol. The molecule has 2 aliphatic heterocycles. The van der Waals surface area contributed by atoms with Gasteiger partial charge in [0.15, 0.2) is 0 Å². The van der Waals surface area contributed by atoms with E-state index in [9.17, 15) is 13.2 Å². The maximum absolute atomic E-state index is 13.0. The molecule has 0 spiro atoms. The zero-order valence-electron chi connectivity index (χ0n) is 16.7. The Morgan fingerprint density at radius 3 is 2.22 bits per heavy atom. The average Bonchev–Trinajstić information content (AvgIpc) is 2.63. The molecule has 1 aromatic carbocycles. The number of benzene rings is 1. The van der Waals surface area contributed by atoms with Crippen LogP contribution in [0.15, 0.2) is 29.2 Å². The first-order chi connectivity index (χ1) is 12.7. The number of rotatable bonds is 3. The number of nitrogens with zero attached hydrogens (tertiary/aromatic N) is 2. The van der Waals surface area contributed by atoms with Crippen LogP contribution in [0.4, 0.5) is 0 Å². The first kappa shape index (κ1) is 20.3. The fourth-order valence-electron chi connectivity index (χ4n) is 4.23. The van der Waals surface area contributed by atoms with Gasteiger partial charge in [-0.15, -0.1) is 0 Å². The van der Waals surface area contributed by atoms with Crippen LogP contribution in [-0.4, -0.2) is 61.8 Å². The van der Waals surface area contributed by atoms with Crippen LogP contribution < -0.4 is 5.32 Å². The summed E-state index contributed by atoms with van der Waals surface area (Å²) < 4.78 is 27.5. The Morgan fingerprint density at radius 2 is 1.63 bits per heavy atom. The average molecular weight is 394 g/mol. The lowest BCUT2D eigenvalue weighted by Crippen LogP contribution is -2.57. The molecule has 4 atom stereocenters. The molecule has 0 aromatic heterocycles. The van der Waals surface area contributed by atoms with E-state index in [0.717, 1.165) is 13.0 Å². The molecule has 0 radical (unpaired) electrons. The molecule has 2 aliphatic rings. The summed E-state index contributed by atoms with van der Waals surface area (Å²) in [5, 5.41) is 3.36. The maximum atomic E-state index is 13.0. The molecule has 150 valence electrons. The van der Waals surface area contributed by atoms with E-state index in [0.29, 0.717) is 37.0 Å². The van der Waals surface area contributed by atoms with Gasteiger partial charge < -0.3 is 10.2 Å². The Morgan fingerprint density at radius 1 is 1.04 bits per heavy atom. The standard InChI is InChI=1S/C20H31N3O3S/c1-14-11-15(2)13-22(12-14)27(25,26)19-7-5-18(6-8-19)20(24)23-10-9-21-16(3)17(23)4/h5-8,14-17,21H,9-13H2,1-4H3. The second kappa shape index (κ2) is 7.89. The van der Waals surface area contributed by atoms with Crippen LogP contribution in [-0.2, 0) is 10.0 Å². The Labute approximate surface area is 163 Å². The number of hydrogen-bond donors (Lipinski definition) is 1. The summed E-state index contributed by atoms with van der Waals surface area (Å²) in [6.45, 7) is 10.8. The van der Waals surface area contributed by atoms with Crippen molar-refractivity contribution >= 4 is 15.9 Å². The summed E-state index contributed by atoms with van der Waals surface area (Å²) in [6, 6.07) is 6.78.